The molecule has 0 unspecified atom stereocenters. The van der Waals surface area contributed by atoms with Crippen LogP contribution < -0.4 is 9.47 Å². The third-order valence-electron chi connectivity index (χ3n) is 9.26. The molecule has 2 atom stereocenters. The largest absolute Gasteiger partial charge is 0.481 e. The molecule has 3 heterocycles. The Bertz CT molecular complexity index is 1420. The fourth-order valence-electron chi connectivity index (χ4n) is 6.94. The fraction of sp³-hybridized carbons (Fsp3) is 0.514. The van der Waals surface area contributed by atoms with Gasteiger partial charge in [0.25, 0.3) is 6.43 Å². The summed E-state index contributed by atoms with van der Waals surface area (Å²) in [5, 5.41) is 0. The molecule has 3 fully saturated rings. The van der Waals surface area contributed by atoms with E-state index in [4.69, 9.17) is 19.2 Å². The first kappa shape index (κ1) is 37.7. The smallest absolute Gasteiger partial charge is 0.272 e. The molecule has 3 aliphatic rings. The van der Waals surface area contributed by atoms with E-state index >= 15 is 0 Å². The van der Waals surface area contributed by atoms with E-state index in [0.717, 1.165) is 19.4 Å². The number of hydrogen-bond acceptors (Lipinski definition) is 8. The molecule has 6 rings (SSSR count). The second-order valence-corrected chi connectivity index (χ2v) is 12.4. The van der Waals surface area contributed by atoms with Crippen LogP contribution in [-0.4, -0.2) is 109 Å². The molecular formula is C35H45Cl2F2N5O4. The van der Waals surface area contributed by atoms with Crippen molar-refractivity contribution in [3.8, 4) is 11.8 Å². The van der Waals surface area contributed by atoms with Crippen molar-refractivity contribution in [3.05, 3.63) is 83.2 Å². The molecule has 3 aromatic rings. The summed E-state index contributed by atoms with van der Waals surface area (Å²) < 4.78 is 43.2. The Balaban J connectivity index is 0.00000260. The number of benzene rings is 2. The van der Waals surface area contributed by atoms with Crippen LogP contribution in [0, 0.1) is 0 Å². The Morgan fingerprint density at radius 2 is 1.54 bits per heavy atom. The van der Waals surface area contributed by atoms with Crippen molar-refractivity contribution in [3.63, 3.8) is 0 Å². The Morgan fingerprint density at radius 1 is 0.896 bits per heavy atom. The van der Waals surface area contributed by atoms with Gasteiger partial charge in [0.2, 0.25) is 17.7 Å². The molecule has 0 radical (unpaired) electrons. The van der Waals surface area contributed by atoms with Gasteiger partial charge in [0.1, 0.15) is 5.82 Å². The van der Waals surface area contributed by atoms with Crippen LogP contribution in [0.3, 0.4) is 0 Å². The summed E-state index contributed by atoms with van der Waals surface area (Å²) >= 11 is 0. The van der Waals surface area contributed by atoms with Gasteiger partial charge in [-0.05, 0) is 24.0 Å². The number of ether oxygens (including phenoxy) is 3. The Labute approximate surface area is 293 Å². The lowest BCUT2D eigenvalue weighted by Crippen LogP contribution is -2.67. The van der Waals surface area contributed by atoms with Gasteiger partial charge in [-0.15, -0.1) is 24.8 Å². The van der Waals surface area contributed by atoms with Crippen LogP contribution >= 0.6 is 24.8 Å². The number of nitrogens with zero attached hydrogens (tertiary/aromatic N) is 5. The number of fused-ring (bicyclic) bond motifs is 1. The second kappa shape index (κ2) is 17.5. The number of carbonyl (C=O) groups is 1. The standard InChI is InChI=1S/C35H43F2N5O4.2ClH/c1-44-18-15-31(43)41-16-17-42-27(20-41)19-40(22-29(42)32(24-9-5-3-6-10-24)25-11-7-4-8-12-25)21-28-34(45-2)38-33(26-13-14-26)39-35(28)46-23-30(36)37;;/h3-12,26-27,29-30,32H,13-23H2,1-2H3;2*1H/t27-,29+;;/m1../s1. The maximum absolute atomic E-state index is 13.3. The molecule has 0 bridgehead atoms. The molecule has 1 aliphatic carbocycles. The average molecular weight is 709 g/mol. The first-order valence-electron chi connectivity index (χ1n) is 16.2. The highest BCUT2D eigenvalue weighted by atomic mass is 35.5. The minimum absolute atomic E-state index is 0. The second-order valence-electron chi connectivity index (χ2n) is 12.4. The molecule has 262 valence electrons. The number of hydrogen-bond donors (Lipinski definition) is 0. The summed E-state index contributed by atoms with van der Waals surface area (Å²) in [7, 11) is 3.15. The minimum Gasteiger partial charge on any atom is -0.481 e. The molecule has 0 N–H and O–H groups in total. The van der Waals surface area contributed by atoms with Gasteiger partial charge in [0.15, 0.2) is 6.61 Å². The minimum atomic E-state index is -2.63. The van der Waals surface area contributed by atoms with Crippen LogP contribution in [0.4, 0.5) is 8.78 Å². The molecule has 0 spiro atoms. The predicted octanol–water partition coefficient (Wildman–Crippen LogP) is 5.42. The highest BCUT2D eigenvalue weighted by Crippen LogP contribution is 2.41. The molecule has 1 aromatic heterocycles. The van der Waals surface area contributed by atoms with Gasteiger partial charge in [0.05, 0.1) is 25.7 Å². The van der Waals surface area contributed by atoms with Crippen LogP contribution in [-0.2, 0) is 16.1 Å². The highest BCUT2D eigenvalue weighted by molar-refractivity contribution is 5.85. The van der Waals surface area contributed by atoms with Crippen LogP contribution in [0.1, 0.15) is 53.6 Å². The van der Waals surface area contributed by atoms with E-state index in [2.05, 4.69) is 63.3 Å². The number of methoxy groups -OCH3 is 2. The number of aromatic nitrogens is 2. The van der Waals surface area contributed by atoms with E-state index < -0.39 is 13.0 Å². The predicted molar refractivity (Wildman–Crippen MR) is 184 cm³/mol. The van der Waals surface area contributed by atoms with Crippen molar-refractivity contribution in [1.82, 2.24) is 24.7 Å². The normalized spacial score (nSPS) is 19.8. The van der Waals surface area contributed by atoms with Crippen molar-refractivity contribution >= 4 is 30.7 Å². The molecule has 2 aromatic carbocycles. The number of rotatable bonds is 13. The lowest BCUT2D eigenvalue weighted by atomic mass is 9.81. The number of piperazine rings is 2. The lowest BCUT2D eigenvalue weighted by Gasteiger charge is -2.53. The van der Waals surface area contributed by atoms with E-state index in [1.165, 1.54) is 11.1 Å². The third-order valence-corrected chi connectivity index (χ3v) is 9.26. The van der Waals surface area contributed by atoms with E-state index in [1.807, 2.05) is 17.0 Å². The maximum Gasteiger partial charge on any atom is 0.272 e. The van der Waals surface area contributed by atoms with E-state index in [1.54, 1.807) is 14.2 Å². The topological polar surface area (TPSA) is 80.3 Å². The summed E-state index contributed by atoms with van der Waals surface area (Å²) in [4.78, 5) is 29.3. The number of carbonyl (C=O) groups excluding carboxylic acids is 1. The van der Waals surface area contributed by atoms with E-state index in [-0.39, 0.29) is 60.5 Å². The first-order chi connectivity index (χ1) is 22.4. The zero-order valence-corrected chi connectivity index (χ0v) is 29.0. The number of alkyl halides is 2. The average Bonchev–Trinajstić information content (AvgIpc) is 3.93. The van der Waals surface area contributed by atoms with Crippen LogP contribution in [0.25, 0.3) is 0 Å². The highest BCUT2D eigenvalue weighted by Gasteiger charge is 2.43. The molecule has 1 saturated carbocycles. The molecule has 13 heteroatoms. The van der Waals surface area contributed by atoms with Gasteiger partial charge in [-0.1, -0.05) is 60.7 Å². The Hall–Kier alpha value is -3.09. The zero-order chi connectivity index (χ0) is 32.0. The SMILES string of the molecule is COCCC(=O)N1CCN2[C@H](CN(Cc3c(OC)nc(C4CC4)nc3OCC(F)F)C[C@H]2C(c2ccccc2)c2ccccc2)C1.Cl.Cl. The number of halogens is 4. The van der Waals surface area contributed by atoms with Crippen molar-refractivity contribution < 1.29 is 27.8 Å². The number of amides is 1. The quantitative estimate of drug-likeness (QED) is 0.233. The summed E-state index contributed by atoms with van der Waals surface area (Å²) in [5.41, 5.74) is 3.00. The van der Waals surface area contributed by atoms with Crippen molar-refractivity contribution in [2.45, 2.75) is 56.2 Å². The lowest BCUT2D eigenvalue weighted by molar-refractivity contribution is -0.137. The van der Waals surface area contributed by atoms with Gasteiger partial charge in [0, 0.05) is 70.3 Å². The van der Waals surface area contributed by atoms with Crippen LogP contribution in [0.15, 0.2) is 60.7 Å². The Morgan fingerprint density at radius 3 is 2.12 bits per heavy atom. The van der Waals surface area contributed by atoms with Crippen molar-refractivity contribution in [1.29, 1.82) is 0 Å². The van der Waals surface area contributed by atoms with Gasteiger partial charge < -0.3 is 19.1 Å². The fourth-order valence-corrected chi connectivity index (χ4v) is 6.94. The van der Waals surface area contributed by atoms with Crippen molar-refractivity contribution in [2.24, 2.45) is 0 Å². The zero-order valence-electron chi connectivity index (χ0n) is 27.4. The molecule has 48 heavy (non-hydrogen) atoms. The molecule has 1 amide bonds. The summed E-state index contributed by atoms with van der Waals surface area (Å²) in [5.74, 6) is 1.46. The van der Waals surface area contributed by atoms with Gasteiger partial charge >= 0.3 is 0 Å². The van der Waals surface area contributed by atoms with E-state index in [9.17, 15) is 13.6 Å². The van der Waals surface area contributed by atoms with E-state index in [0.29, 0.717) is 63.0 Å². The maximum atomic E-state index is 13.3. The van der Waals surface area contributed by atoms with Gasteiger partial charge in [-0.2, -0.15) is 9.97 Å². The molecular weight excluding hydrogens is 663 g/mol. The summed E-state index contributed by atoms with van der Waals surface area (Å²) in [6, 6.07) is 21.2. The van der Waals surface area contributed by atoms with Crippen LogP contribution in [0.2, 0.25) is 0 Å². The summed E-state index contributed by atoms with van der Waals surface area (Å²) in [6.45, 7) is 3.37. The third kappa shape index (κ3) is 8.92. The summed E-state index contributed by atoms with van der Waals surface area (Å²) in [6.07, 6.45) is -0.364. The van der Waals surface area contributed by atoms with Gasteiger partial charge in [-0.25, -0.2) is 8.78 Å². The molecule has 9 nitrogen and oxygen atoms in total. The van der Waals surface area contributed by atoms with Gasteiger partial charge in [-0.3, -0.25) is 14.6 Å². The van der Waals surface area contributed by atoms with Crippen LogP contribution in [0.5, 0.6) is 11.8 Å². The molecule has 2 saturated heterocycles. The first-order valence-corrected chi connectivity index (χ1v) is 16.2. The van der Waals surface area contributed by atoms with Crippen molar-refractivity contribution in [2.75, 3.05) is 60.2 Å². The Kier molecular flexibility index (Phi) is 13.8. The molecule has 2 aliphatic heterocycles. The monoisotopic (exact) mass is 707 g/mol.